The molecule has 122 valence electrons. The number of nitrogens with two attached hydrogens (primary N) is 1. The van der Waals surface area contributed by atoms with Gasteiger partial charge in [-0.15, -0.1) is 0 Å². The van der Waals surface area contributed by atoms with E-state index in [1.807, 2.05) is 36.1 Å². The van der Waals surface area contributed by atoms with Crippen molar-refractivity contribution < 1.29 is 9.53 Å². The van der Waals surface area contributed by atoms with E-state index in [1.54, 1.807) is 0 Å². The van der Waals surface area contributed by atoms with E-state index in [2.05, 4.69) is 13.8 Å². The van der Waals surface area contributed by atoms with E-state index in [4.69, 9.17) is 10.5 Å². The van der Waals surface area contributed by atoms with Crippen molar-refractivity contribution in [1.82, 2.24) is 4.90 Å². The number of likely N-dealkylation sites (tertiary alicyclic amines) is 1. The molecule has 22 heavy (non-hydrogen) atoms. The molecule has 4 heteroatoms. The first kappa shape index (κ1) is 16.8. The van der Waals surface area contributed by atoms with Gasteiger partial charge in [0.05, 0.1) is 6.61 Å². The van der Waals surface area contributed by atoms with E-state index in [1.165, 1.54) is 0 Å². The van der Waals surface area contributed by atoms with Crippen molar-refractivity contribution in [2.24, 2.45) is 17.6 Å². The maximum Gasteiger partial charge on any atom is 0.253 e. The van der Waals surface area contributed by atoms with Crippen molar-refractivity contribution in [2.45, 2.75) is 39.7 Å². The molecule has 1 amide bonds. The summed E-state index contributed by atoms with van der Waals surface area (Å²) in [7, 11) is 0. The molecule has 4 nitrogen and oxygen atoms in total. The lowest BCUT2D eigenvalue weighted by Gasteiger charge is -2.34. The smallest absolute Gasteiger partial charge is 0.253 e. The van der Waals surface area contributed by atoms with Gasteiger partial charge in [-0.05, 0) is 49.8 Å². The lowest BCUT2D eigenvalue weighted by molar-refractivity contribution is 0.0660. The fourth-order valence-corrected chi connectivity index (χ4v) is 2.79. The zero-order valence-electron chi connectivity index (χ0n) is 13.9. The molecule has 0 aromatic heterocycles. The predicted molar refractivity (Wildman–Crippen MR) is 89.1 cm³/mol. The number of nitrogens with zero attached hydrogens (tertiary/aromatic N) is 1. The molecule has 0 bridgehead atoms. The van der Waals surface area contributed by atoms with Crippen molar-refractivity contribution in [1.29, 1.82) is 0 Å². The second-order valence-electron chi connectivity index (χ2n) is 6.75. The Balaban J connectivity index is 2.04. The van der Waals surface area contributed by atoms with Crippen molar-refractivity contribution >= 4 is 5.91 Å². The Bertz CT molecular complexity index is 500. The molecule has 1 fully saturated rings. The average Bonchev–Trinajstić information content (AvgIpc) is 2.52. The number of benzene rings is 1. The normalized spacial score (nSPS) is 20.0. The van der Waals surface area contributed by atoms with Gasteiger partial charge in [-0.3, -0.25) is 4.79 Å². The van der Waals surface area contributed by atoms with Crippen LogP contribution in [0.1, 0.15) is 44.0 Å². The second kappa shape index (κ2) is 7.63. The predicted octanol–water partition coefficient (Wildman–Crippen LogP) is 2.92. The first-order chi connectivity index (χ1) is 10.5. The van der Waals surface area contributed by atoms with Gasteiger partial charge in [0, 0.05) is 24.7 Å². The summed E-state index contributed by atoms with van der Waals surface area (Å²) in [6.07, 6.45) is 2.14. The summed E-state index contributed by atoms with van der Waals surface area (Å²) in [6, 6.07) is 7.63. The Labute approximate surface area is 133 Å². The van der Waals surface area contributed by atoms with Crippen LogP contribution in [-0.4, -0.2) is 36.5 Å². The van der Waals surface area contributed by atoms with E-state index in [0.717, 1.165) is 31.7 Å². The van der Waals surface area contributed by atoms with Crippen molar-refractivity contribution in [3.63, 3.8) is 0 Å². The summed E-state index contributed by atoms with van der Waals surface area (Å²) in [5.74, 6) is 1.71. The number of rotatable bonds is 5. The lowest BCUT2D eigenvalue weighted by Crippen LogP contribution is -2.45. The highest BCUT2D eigenvalue weighted by molar-refractivity contribution is 5.94. The summed E-state index contributed by atoms with van der Waals surface area (Å²) in [5.41, 5.74) is 6.70. The zero-order valence-corrected chi connectivity index (χ0v) is 13.9. The van der Waals surface area contributed by atoms with Gasteiger partial charge in [-0.1, -0.05) is 19.9 Å². The molecule has 1 saturated heterocycles. The fourth-order valence-electron chi connectivity index (χ4n) is 2.79. The van der Waals surface area contributed by atoms with E-state index in [0.29, 0.717) is 24.0 Å². The Morgan fingerprint density at radius 3 is 2.86 bits per heavy atom. The number of piperidine rings is 1. The summed E-state index contributed by atoms with van der Waals surface area (Å²) in [6.45, 7) is 8.48. The van der Waals surface area contributed by atoms with Crippen LogP contribution >= 0.6 is 0 Å². The molecule has 0 radical (unpaired) electrons. The van der Waals surface area contributed by atoms with E-state index >= 15 is 0 Å². The van der Waals surface area contributed by atoms with Crippen molar-refractivity contribution in [3.05, 3.63) is 29.8 Å². The minimum Gasteiger partial charge on any atom is -0.493 e. The Hall–Kier alpha value is -1.55. The highest BCUT2D eigenvalue weighted by Crippen LogP contribution is 2.22. The van der Waals surface area contributed by atoms with Crippen molar-refractivity contribution in [3.8, 4) is 5.75 Å². The maximum atomic E-state index is 12.7. The van der Waals surface area contributed by atoms with E-state index < -0.39 is 0 Å². The highest BCUT2D eigenvalue weighted by Gasteiger charge is 2.26. The van der Waals surface area contributed by atoms with Crippen LogP contribution in [0.2, 0.25) is 0 Å². The third kappa shape index (κ3) is 4.47. The van der Waals surface area contributed by atoms with E-state index in [9.17, 15) is 4.79 Å². The molecular weight excluding hydrogens is 276 g/mol. The van der Waals surface area contributed by atoms with Gasteiger partial charge >= 0.3 is 0 Å². The molecule has 1 aliphatic heterocycles. The summed E-state index contributed by atoms with van der Waals surface area (Å²) in [4.78, 5) is 14.6. The molecule has 0 saturated carbocycles. The summed E-state index contributed by atoms with van der Waals surface area (Å²) in [5, 5.41) is 0. The zero-order chi connectivity index (χ0) is 16.1. The van der Waals surface area contributed by atoms with Gasteiger partial charge in [-0.25, -0.2) is 0 Å². The van der Waals surface area contributed by atoms with Gasteiger partial charge in [0.15, 0.2) is 0 Å². The molecule has 2 unspecified atom stereocenters. The molecule has 1 aromatic rings. The van der Waals surface area contributed by atoms with Gasteiger partial charge in [0.1, 0.15) is 5.75 Å². The third-order valence-electron chi connectivity index (χ3n) is 4.15. The fraction of sp³-hybridized carbons (Fsp3) is 0.611. The largest absolute Gasteiger partial charge is 0.493 e. The highest BCUT2D eigenvalue weighted by atomic mass is 16.5. The van der Waals surface area contributed by atoms with Gasteiger partial charge < -0.3 is 15.4 Å². The monoisotopic (exact) mass is 304 g/mol. The number of hydrogen-bond donors (Lipinski definition) is 1. The van der Waals surface area contributed by atoms with Crippen molar-refractivity contribution in [2.75, 3.05) is 19.7 Å². The van der Waals surface area contributed by atoms with Crippen LogP contribution in [0.4, 0.5) is 0 Å². The molecule has 2 atom stereocenters. The van der Waals surface area contributed by atoms with Crippen LogP contribution in [0.5, 0.6) is 5.75 Å². The number of amides is 1. The Morgan fingerprint density at radius 2 is 2.18 bits per heavy atom. The molecule has 2 N–H and O–H groups in total. The molecule has 0 spiro atoms. The lowest BCUT2D eigenvalue weighted by atomic mass is 9.92. The van der Waals surface area contributed by atoms with Gasteiger partial charge in [0.2, 0.25) is 0 Å². The number of carbonyl (C=O) groups is 1. The number of hydrogen-bond acceptors (Lipinski definition) is 3. The standard InChI is InChI=1S/C18H28N2O2/c1-13(2)12-22-17-8-4-6-15(10-17)18(21)20-9-5-7-16(11-20)14(3)19/h4,6,8,10,13-14,16H,5,7,9,11-12,19H2,1-3H3. The van der Waals surface area contributed by atoms with Crippen LogP contribution in [-0.2, 0) is 0 Å². The summed E-state index contributed by atoms with van der Waals surface area (Å²) < 4.78 is 5.71. The Kier molecular flexibility index (Phi) is 5.83. The molecular formula is C18H28N2O2. The average molecular weight is 304 g/mol. The quantitative estimate of drug-likeness (QED) is 0.910. The van der Waals surface area contributed by atoms with Crippen LogP contribution in [0.25, 0.3) is 0 Å². The third-order valence-corrected chi connectivity index (χ3v) is 4.15. The van der Waals surface area contributed by atoms with Gasteiger partial charge in [0.25, 0.3) is 5.91 Å². The van der Waals surface area contributed by atoms with Crippen LogP contribution < -0.4 is 10.5 Å². The van der Waals surface area contributed by atoms with Crippen LogP contribution in [0, 0.1) is 11.8 Å². The molecule has 1 aliphatic rings. The summed E-state index contributed by atoms with van der Waals surface area (Å²) >= 11 is 0. The first-order valence-corrected chi connectivity index (χ1v) is 8.25. The first-order valence-electron chi connectivity index (χ1n) is 8.25. The number of ether oxygens (including phenoxy) is 1. The Morgan fingerprint density at radius 1 is 1.41 bits per heavy atom. The second-order valence-corrected chi connectivity index (χ2v) is 6.75. The molecule has 1 aromatic carbocycles. The SMILES string of the molecule is CC(C)COc1cccc(C(=O)N2CCCC(C(C)N)C2)c1. The topological polar surface area (TPSA) is 55.6 Å². The molecule has 2 rings (SSSR count). The minimum absolute atomic E-state index is 0.0837. The molecule has 1 heterocycles. The van der Waals surface area contributed by atoms with Crippen LogP contribution in [0.15, 0.2) is 24.3 Å². The van der Waals surface area contributed by atoms with Crippen LogP contribution in [0.3, 0.4) is 0 Å². The maximum absolute atomic E-state index is 12.7. The van der Waals surface area contributed by atoms with E-state index in [-0.39, 0.29) is 11.9 Å². The van der Waals surface area contributed by atoms with Gasteiger partial charge in [-0.2, -0.15) is 0 Å². The number of carbonyl (C=O) groups excluding carboxylic acids is 1. The minimum atomic E-state index is 0.0837. The molecule has 0 aliphatic carbocycles.